The lowest BCUT2D eigenvalue weighted by Gasteiger charge is -2.35. The first-order valence-corrected chi connectivity index (χ1v) is 10.9. The van der Waals surface area contributed by atoms with E-state index in [1.54, 1.807) is 13.1 Å². The number of aliphatic imine (C=N–C) groups is 1. The van der Waals surface area contributed by atoms with E-state index in [1.807, 2.05) is 50.8 Å². The molecule has 2 aliphatic heterocycles. The molecule has 2 aromatic heterocycles. The van der Waals surface area contributed by atoms with Crippen LogP contribution in [0.15, 0.2) is 29.3 Å². The number of nitrogens with zero attached hydrogens (tertiary/aromatic N) is 7. The number of nitrogens with two attached hydrogens (primary N) is 1. The second-order valence-corrected chi connectivity index (χ2v) is 9.11. The van der Waals surface area contributed by atoms with Crippen molar-refractivity contribution in [1.82, 2.24) is 20.0 Å². The highest BCUT2D eigenvalue weighted by atomic mass is 16.5. The third-order valence-corrected chi connectivity index (χ3v) is 6.33. The second kappa shape index (κ2) is 7.38. The molecule has 0 spiro atoms. The summed E-state index contributed by atoms with van der Waals surface area (Å²) in [5, 5.41) is 22.7. The number of hydrogen-bond acceptors (Lipinski definition) is 8. The molecule has 0 radical (unpaired) electrons. The Morgan fingerprint density at radius 3 is 2.76 bits per heavy atom. The summed E-state index contributed by atoms with van der Waals surface area (Å²) in [6.45, 7) is 7.61. The standard InChI is InChI=1S/C24H24N8O2/c1-12-6-7-17-14(8-12)13(2)34-19-9-15(28-29-22(19)26)21-16(30-31(5)18(21)11-25)10-20-27-23(33)24(3,4)32(17)20/h6-9,13H,10H2,1-5H3,(H2,26,29)/t13-/m1/s1. The molecule has 1 amide bonds. The number of nitriles is 1. The molecule has 2 aliphatic rings. The van der Waals surface area contributed by atoms with Crippen molar-refractivity contribution < 1.29 is 9.53 Å². The highest BCUT2D eigenvalue weighted by Gasteiger charge is 2.45. The molecule has 0 saturated carbocycles. The van der Waals surface area contributed by atoms with Crippen molar-refractivity contribution in [3.05, 3.63) is 46.8 Å². The molecule has 2 bridgehead atoms. The Hall–Kier alpha value is -4.26. The molecule has 10 heteroatoms. The summed E-state index contributed by atoms with van der Waals surface area (Å²) in [4.78, 5) is 19.4. The van der Waals surface area contributed by atoms with E-state index in [0.717, 1.165) is 16.8 Å². The Bertz CT molecular complexity index is 1430. The molecule has 1 atom stereocenters. The van der Waals surface area contributed by atoms with Gasteiger partial charge in [-0.15, -0.1) is 10.2 Å². The molecular weight excluding hydrogens is 432 g/mol. The molecule has 3 aromatic rings. The minimum absolute atomic E-state index is 0.143. The quantitative estimate of drug-likeness (QED) is 0.545. The van der Waals surface area contributed by atoms with Crippen LogP contribution >= 0.6 is 0 Å². The number of benzene rings is 1. The lowest BCUT2D eigenvalue weighted by atomic mass is 9.97. The fourth-order valence-electron chi connectivity index (χ4n) is 4.59. The van der Waals surface area contributed by atoms with E-state index >= 15 is 0 Å². The van der Waals surface area contributed by atoms with Crippen molar-refractivity contribution in [3.63, 3.8) is 0 Å². The smallest absolute Gasteiger partial charge is 0.273 e. The summed E-state index contributed by atoms with van der Waals surface area (Å²) in [6, 6.07) is 9.88. The molecule has 4 heterocycles. The summed E-state index contributed by atoms with van der Waals surface area (Å²) in [5.74, 6) is 0.792. The van der Waals surface area contributed by atoms with E-state index in [-0.39, 0.29) is 18.1 Å². The molecule has 2 N–H and O–H groups in total. The highest BCUT2D eigenvalue weighted by molar-refractivity contribution is 6.17. The number of carbonyl (C=O) groups excluding carboxylic acids is 1. The SMILES string of the molecule is Cc1ccc2c(c1)[C@@H](C)Oc1cc(nnc1N)-c1c(nn(C)c1C#N)CC1=NC(=O)C(C)(C)N12. The van der Waals surface area contributed by atoms with Crippen molar-refractivity contribution in [2.24, 2.45) is 12.0 Å². The van der Waals surface area contributed by atoms with E-state index in [4.69, 9.17) is 10.5 Å². The summed E-state index contributed by atoms with van der Waals surface area (Å²) in [7, 11) is 1.69. The fourth-order valence-corrected chi connectivity index (χ4v) is 4.59. The van der Waals surface area contributed by atoms with E-state index in [0.29, 0.717) is 34.2 Å². The van der Waals surface area contributed by atoms with Gasteiger partial charge in [0, 0.05) is 18.7 Å². The number of nitrogen functional groups attached to an aromatic ring is 1. The van der Waals surface area contributed by atoms with Gasteiger partial charge in [0.1, 0.15) is 34.9 Å². The number of anilines is 2. The van der Waals surface area contributed by atoms with Crippen LogP contribution in [0.4, 0.5) is 11.5 Å². The molecular formula is C24H24N8O2. The number of amidine groups is 1. The second-order valence-electron chi connectivity index (χ2n) is 9.11. The zero-order valence-corrected chi connectivity index (χ0v) is 19.6. The van der Waals surface area contributed by atoms with Crippen molar-refractivity contribution in [2.75, 3.05) is 10.6 Å². The van der Waals surface area contributed by atoms with E-state index in [1.165, 1.54) is 4.68 Å². The topological polar surface area (TPSA) is 135 Å². The van der Waals surface area contributed by atoms with Crippen LogP contribution in [0.5, 0.6) is 5.75 Å². The summed E-state index contributed by atoms with van der Waals surface area (Å²) in [6.07, 6.45) is -0.200. The van der Waals surface area contributed by atoms with Crippen molar-refractivity contribution in [3.8, 4) is 23.1 Å². The average Bonchev–Trinajstić information content (AvgIpc) is 3.20. The van der Waals surface area contributed by atoms with Crippen LogP contribution in [0, 0.1) is 18.3 Å². The zero-order chi connectivity index (χ0) is 24.4. The van der Waals surface area contributed by atoms with Crippen LogP contribution in [-0.2, 0) is 18.3 Å². The number of hydrogen-bond donors (Lipinski definition) is 1. The van der Waals surface area contributed by atoms with Crippen LogP contribution in [0.2, 0.25) is 0 Å². The molecule has 34 heavy (non-hydrogen) atoms. The largest absolute Gasteiger partial charge is 0.482 e. The predicted molar refractivity (Wildman–Crippen MR) is 126 cm³/mol. The normalized spacial score (nSPS) is 18.5. The van der Waals surface area contributed by atoms with E-state index in [2.05, 4.69) is 26.4 Å². The maximum Gasteiger partial charge on any atom is 0.273 e. The van der Waals surface area contributed by atoms with Gasteiger partial charge < -0.3 is 15.4 Å². The fraction of sp³-hybridized carbons (Fsp3) is 0.333. The van der Waals surface area contributed by atoms with Gasteiger partial charge in [0.25, 0.3) is 5.91 Å². The molecule has 10 nitrogen and oxygen atoms in total. The Labute approximate surface area is 196 Å². The van der Waals surface area contributed by atoms with Crippen LogP contribution in [0.1, 0.15) is 49.4 Å². The number of fused-ring (bicyclic) bond motifs is 7. The van der Waals surface area contributed by atoms with Gasteiger partial charge in [-0.2, -0.15) is 15.4 Å². The highest BCUT2D eigenvalue weighted by Crippen LogP contribution is 2.40. The first-order chi connectivity index (χ1) is 16.1. The Morgan fingerprint density at radius 1 is 1.26 bits per heavy atom. The van der Waals surface area contributed by atoms with E-state index < -0.39 is 11.6 Å². The van der Waals surface area contributed by atoms with Gasteiger partial charge in [0.05, 0.1) is 23.4 Å². The summed E-state index contributed by atoms with van der Waals surface area (Å²) < 4.78 is 7.79. The Morgan fingerprint density at radius 2 is 2.03 bits per heavy atom. The minimum Gasteiger partial charge on any atom is -0.482 e. The molecule has 5 rings (SSSR count). The van der Waals surface area contributed by atoms with Crippen LogP contribution in [0.25, 0.3) is 11.3 Å². The van der Waals surface area contributed by atoms with Crippen LogP contribution in [0.3, 0.4) is 0 Å². The molecule has 1 aromatic carbocycles. The molecule has 0 aliphatic carbocycles. The predicted octanol–water partition coefficient (Wildman–Crippen LogP) is 2.86. The lowest BCUT2D eigenvalue weighted by Crippen LogP contribution is -2.48. The zero-order valence-electron chi connectivity index (χ0n) is 19.6. The van der Waals surface area contributed by atoms with E-state index in [9.17, 15) is 10.1 Å². The molecule has 0 saturated heterocycles. The van der Waals surface area contributed by atoms with Gasteiger partial charge >= 0.3 is 0 Å². The van der Waals surface area contributed by atoms with Crippen molar-refractivity contribution >= 4 is 23.2 Å². The van der Waals surface area contributed by atoms with Gasteiger partial charge in [0.2, 0.25) is 0 Å². The third kappa shape index (κ3) is 3.12. The van der Waals surface area contributed by atoms with Gasteiger partial charge in [-0.05, 0) is 33.8 Å². The first kappa shape index (κ1) is 21.6. The maximum atomic E-state index is 13.0. The summed E-state index contributed by atoms with van der Waals surface area (Å²) in [5.41, 5.74) is 9.74. The lowest BCUT2D eigenvalue weighted by molar-refractivity contribution is -0.120. The molecule has 0 unspecified atom stereocenters. The van der Waals surface area contributed by atoms with Gasteiger partial charge in [-0.25, -0.2) is 0 Å². The number of rotatable bonds is 0. The van der Waals surface area contributed by atoms with Crippen LogP contribution in [-0.4, -0.2) is 37.3 Å². The third-order valence-electron chi connectivity index (χ3n) is 6.33. The Balaban J connectivity index is 1.83. The average molecular weight is 457 g/mol. The molecule has 0 fully saturated rings. The number of amides is 1. The van der Waals surface area contributed by atoms with Gasteiger partial charge in [0.15, 0.2) is 11.6 Å². The number of aromatic nitrogens is 4. The first-order valence-electron chi connectivity index (χ1n) is 10.9. The van der Waals surface area contributed by atoms with Crippen molar-refractivity contribution in [1.29, 1.82) is 5.26 Å². The van der Waals surface area contributed by atoms with Crippen molar-refractivity contribution in [2.45, 2.75) is 45.8 Å². The number of carbonyl (C=O) groups is 1. The van der Waals surface area contributed by atoms with Gasteiger partial charge in [-0.1, -0.05) is 17.7 Å². The molecule has 172 valence electrons. The number of ether oxygens (including phenoxy) is 1. The minimum atomic E-state index is -0.913. The maximum absolute atomic E-state index is 13.0. The monoisotopic (exact) mass is 456 g/mol. The number of aryl methyl sites for hydroxylation is 2. The van der Waals surface area contributed by atoms with Gasteiger partial charge in [-0.3, -0.25) is 9.48 Å². The van der Waals surface area contributed by atoms with Crippen LogP contribution < -0.4 is 15.4 Å². The Kier molecular flexibility index (Phi) is 4.68. The summed E-state index contributed by atoms with van der Waals surface area (Å²) >= 11 is 0.